The Hall–Kier alpha value is -2.36. The van der Waals surface area contributed by atoms with Crippen molar-refractivity contribution in [2.24, 2.45) is 0 Å². The van der Waals surface area contributed by atoms with Gasteiger partial charge in [-0.15, -0.1) is 5.10 Å². The van der Waals surface area contributed by atoms with Crippen molar-refractivity contribution in [2.75, 3.05) is 5.32 Å². The van der Waals surface area contributed by atoms with E-state index in [1.807, 2.05) is 48.7 Å². The number of anilines is 2. The maximum absolute atomic E-state index is 4.32. The van der Waals surface area contributed by atoms with Crippen molar-refractivity contribution < 1.29 is 0 Å². The molecule has 0 saturated carbocycles. The minimum atomic E-state index is 0.593. The van der Waals surface area contributed by atoms with Crippen LogP contribution >= 0.6 is 0 Å². The first-order valence-corrected chi connectivity index (χ1v) is 5.04. The fourth-order valence-electron chi connectivity index (χ4n) is 1.54. The van der Waals surface area contributed by atoms with Crippen LogP contribution in [0.3, 0.4) is 0 Å². The summed E-state index contributed by atoms with van der Waals surface area (Å²) in [6, 6.07) is 13.8. The molecule has 3 aromatic rings. The van der Waals surface area contributed by atoms with Gasteiger partial charge in [-0.1, -0.05) is 18.2 Å². The minimum Gasteiger partial charge on any atom is -0.323 e. The fourth-order valence-corrected chi connectivity index (χ4v) is 1.54. The van der Waals surface area contributed by atoms with E-state index in [2.05, 4.69) is 15.4 Å². The molecule has 2 heterocycles. The Morgan fingerprint density at radius 3 is 2.75 bits per heavy atom. The van der Waals surface area contributed by atoms with Crippen molar-refractivity contribution in [1.29, 1.82) is 0 Å². The Morgan fingerprint density at radius 2 is 1.88 bits per heavy atom. The number of fused-ring (bicyclic) bond motifs is 1. The molecular formula is C12H10N4. The van der Waals surface area contributed by atoms with Crippen LogP contribution in [0.4, 0.5) is 11.6 Å². The molecule has 3 rings (SSSR count). The maximum Gasteiger partial charge on any atom is 0.245 e. The molecule has 0 saturated heterocycles. The Balaban J connectivity index is 1.94. The molecule has 4 heteroatoms. The molecule has 1 N–H and O–H groups in total. The van der Waals surface area contributed by atoms with Gasteiger partial charge in [0.05, 0.1) is 11.7 Å². The third kappa shape index (κ3) is 1.61. The van der Waals surface area contributed by atoms with E-state index < -0.39 is 0 Å². The summed E-state index contributed by atoms with van der Waals surface area (Å²) in [6.07, 6.45) is 3.69. The molecule has 0 radical (unpaired) electrons. The molecular weight excluding hydrogens is 200 g/mol. The van der Waals surface area contributed by atoms with Gasteiger partial charge in [-0.2, -0.15) is 0 Å². The zero-order valence-electron chi connectivity index (χ0n) is 8.54. The highest BCUT2D eigenvalue weighted by Crippen LogP contribution is 2.11. The first kappa shape index (κ1) is 8.91. The van der Waals surface area contributed by atoms with Crippen LogP contribution < -0.4 is 5.32 Å². The van der Waals surface area contributed by atoms with Crippen LogP contribution in [0.15, 0.2) is 54.9 Å². The number of hydrogen-bond acceptors (Lipinski definition) is 3. The Bertz CT molecular complexity index is 600. The van der Waals surface area contributed by atoms with Crippen LogP contribution in [-0.2, 0) is 0 Å². The molecule has 4 nitrogen and oxygen atoms in total. The molecule has 0 fully saturated rings. The molecule has 0 aliphatic carbocycles. The predicted octanol–water partition coefficient (Wildman–Crippen LogP) is 2.47. The van der Waals surface area contributed by atoms with E-state index in [-0.39, 0.29) is 0 Å². The summed E-state index contributed by atoms with van der Waals surface area (Å²) in [4.78, 5) is 4.23. The van der Waals surface area contributed by atoms with Gasteiger partial charge in [-0.05, 0) is 24.3 Å². The summed E-state index contributed by atoms with van der Waals surface area (Å²) >= 11 is 0. The molecule has 0 aliphatic rings. The Morgan fingerprint density at radius 1 is 1.00 bits per heavy atom. The van der Waals surface area contributed by atoms with E-state index >= 15 is 0 Å². The number of hydrogen-bond donors (Lipinski definition) is 1. The lowest BCUT2D eigenvalue weighted by Crippen LogP contribution is -2.00. The van der Waals surface area contributed by atoms with Gasteiger partial charge in [0, 0.05) is 11.9 Å². The summed E-state index contributed by atoms with van der Waals surface area (Å²) in [6.45, 7) is 0. The first-order valence-electron chi connectivity index (χ1n) is 5.04. The van der Waals surface area contributed by atoms with E-state index in [1.165, 1.54) is 0 Å². The second kappa shape index (κ2) is 3.66. The van der Waals surface area contributed by atoms with Crippen LogP contribution in [0.5, 0.6) is 0 Å². The van der Waals surface area contributed by atoms with Gasteiger partial charge in [-0.3, -0.25) is 0 Å². The molecule has 0 unspecified atom stereocenters. The molecule has 0 spiro atoms. The Labute approximate surface area is 92.6 Å². The molecule has 1 aromatic carbocycles. The largest absolute Gasteiger partial charge is 0.323 e. The van der Waals surface area contributed by atoms with Gasteiger partial charge >= 0.3 is 0 Å². The molecule has 0 atom stereocenters. The van der Waals surface area contributed by atoms with Gasteiger partial charge in [0.1, 0.15) is 0 Å². The normalized spacial score (nSPS) is 10.5. The van der Waals surface area contributed by atoms with Gasteiger partial charge in [-0.25, -0.2) is 9.50 Å². The van der Waals surface area contributed by atoms with Crippen molar-refractivity contribution in [3.05, 3.63) is 54.9 Å². The summed E-state index contributed by atoms with van der Waals surface area (Å²) in [5, 5.41) is 7.47. The lowest BCUT2D eigenvalue weighted by Gasteiger charge is -2.04. The number of aromatic nitrogens is 3. The number of nitrogens with zero attached hydrogens (tertiary/aromatic N) is 3. The number of para-hydroxylation sites is 1. The predicted molar refractivity (Wildman–Crippen MR) is 62.7 cm³/mol. The Kier molecular flexibility index (Phi) is 2.04. The van der Waals surface area contributed by atoms with E-state index in [9.17, 15) is 0 Å². The van der Waals surface area contributed by atoms with Gasteiger partial charge < -0.3 is 5.32 Å². The molecule has 0 bridgehead atoms. The molecule has 78 valence electrons. The van der Waals surface area contributed by atoms with E-state index in [0.29, 0.717) is 5.95 Å². The maximum atomic E-state index is 4.32. The monoisotopic (exact) mass is 210 g/mol. The van der Waals surface area contributed by atoms with Crippen molar-refractivity contribution >= 4 is 17.2 Å². The smallest absolute Gasteiger partial charge is 0.245 e. The fraction of sp³-hybridized carbons (Fsp3) is 0. The average molecular weight is 210 g/mol. The van der Waals surface area contributed by atoms with Crippen molar-refractivity contribution in [3.63, 3.8) is 0 Å². The van der Waals surface area contributed by atoms with E-state index in [0.717, 1.165) is 11.2 Å². The standard InChI is InChI=1S/C12H10N4/c1-2-5-10(6-3-1)14-12-13-9-11-7-4-8-16(11)15-12/h1-9H,(H,14,15). The van der Waals surface area contributed by atoms with Crippen LogP contribution in [0.2, 0.25) is 0 Å². The van der Waals surface area contributed by atoms with Gasteiger partial charge in [0.2, 0.25) is 5.95 Å². The van der Waals surface area contributed by atoms with Crippen molar-refractivity contribution in [2.45, 2.75) is 0 Å². The highest BCUT2D eigenvalue weighted by atomic mass is 15.3. The molecule has 0 aliphatic heterocycles. The third-order valence-electron chi connectivity index (χ3n) is 2.31. The second-order valence-electron chi connectivity index (χ2n) is 3.45. The summed E-state index contributed by atoms with van der Waals surface area (Å²) in [7, 11) is 0. The van der Waals surface area contributed by atoms with Crippen molar-refractivity contribution in [1.82, 2.24) is 14.6 Å². The summed E-state index contributed by atoms with van der Waals surface area (Å²) in [5.41, 5.74) is 1.97. The average Bonchev–Trinajstić information content (AvgIpc) is 2.77. The minimum absolute atomic E-state index is 0.593. The SMILES string of the molecule is c1ccc(Nc2ncc3cccn3n2)cc1. The van der Waals surface area contributed by atoms with Crippen LogP contribution in [0.25, 0.3) is 5.52 Å². The number of rotatable bonds is 2. The molecule has 2 aromatic heterocycles. The van der Waals surface area contributed by atoms with Crippen molar-refractivity contribution in [3.8, 4) is 0 Å². The quantitative estimate of drug-likeness (QED) is 0.706. The summed E-state index contributed by atoms with van der Waals surface area (Å²) in [5.74, 6) is 0.593. The third-order valence-corrected chi connectivity index (χ3v) is 2.31. The lowest BCUT2D eigenvalue weighted by molar-refractivity contribution is 0.913. The second-order valence-corrected chi connectivity index (χ2v) is 3.45. The number of nitrogens with one attached hydrogen (secondary N) is 1. The van der Waals surface area contributed by atoms with Gasteiger partial charge in [0.25, 0.3) is 0 Å². The molecule has 16 heavy (non-hydrogen) atoms. The van der Waals surface area contributed by atoms with E-state index in [4.69, 9.17) is 0 Å². The molecule has 0 amide bonds. The lowest BCUT2D eigenvalue weighted by atomic mass is 10.3. The summed E-state index contributed by atoms with van der Waals surface area (Å²) < 4.78 is 1.79. The van der Waals surface area contributed by atoms with Crippen LogP contribution in [0.1, 0.15) is 0 Å². The highest BCUT2D eigenvalue weighted by Gasteiger charge is 1.98. The zero-order chi connectivity index (χ0) is 10.8. The van der Waals surface area contributed by atoms with Gasteiger partial charge in [0.15, 0.2) is 0 Å². The topological polar surface area (TPSA) is 42.2 Å². The van der Waals surface area contributed by atoms with E-state index in [1.54, 1.807) is 10.7 Å². The zero-order valence-corrected chi connectivity index (χ0v) is 8.54. The van der Waals surface area contributed by atoms with Crippen LogP contribution in [0, 0.1) is 0 Å². The first-order chi connectivity index (χ1) is 7.92. The van der Waals surface area contributed by atoms with Crippen LogP contribution in [-0.4, -0.2) is 14.6 Å². The number of benzene rings is 1. The highest BCUT2D eigenvalue weighted by molar-refractivity contribution is 5.54.